The summed E-state index contributed by atoms with van der Waals surface area (Å²) in [5.74, 6) is -0.892. The van der Waals surface area contributed by atoms with Crippen LogP contribution in [-0.2, 0) is 29.0 Å². The van der Waals surface area contributed by atoms with Crippen LogP contribution in [0.3, 0.4) is 0 Å². The molecule has 2 amide bonds. The maximum absolute atomic E-state index is 12.8. The van der Waals surface area contributed by atoms with Gasteiger partial charge in [-0.1, -0.05) is 55.5 Å². The predicted molar refractivity (Wildman–Crippen MR) is 123 cm³/mol. The van der Waals surface area contributed by atoms with E-state index in [0.717, 1.165) is 44.5 Å². The van der Waals surface area contributed by atoms with Gasteiger partial charge in [0, 0.05) is 32.7 Å². The molecule has 1 heterocycles. The van der Waals surface area contributed by atoms with E-state index in [1.165, 1.54) is 29.5 Å². The molecular weight excluding hydrogens is 386 g/mol. The number of fused-ring (bicyclic) bond motifs is 1. The van der Waals surface area contributed by atoms with Gasteiger partial charge >= 0.3 is 11.8 Å². The first-order chi connectivity index (χ1) is 15.1. The van der Waals surface area contributed by atoms with Crippen LogP contribution in [0.15, 0.2) is 48.5 Å². The fourth-order valence-corrected chi connectivity index (χ4v) is 4.71. The lowest BCUT2D eigenvalue weighted by molar-refractivity contribution is -0.147. The lowest BCUT2D eigenvalue weighted by atomic mass is 9.89. The molecule has 0 bridgehead atoms. The summed E-state index contributed by atoms with van der Waals surface area (Å²) >= 11 is 0. The number of carbonyl (C=O) groups is 2. The molecule has 1 saturated heterocycles. The Morgan fingerprint density at radius 2 is 1.65 bits per heavy atom. The third-order valence-corrected chi connectivity index (χ3v) is 6.59. The van der Waals surface area contributed by atoms with Gasteiger partial charge < -0.3 is 10.2 Å². The zero-order valence-corrected chi connectivity index (χ0v) is 18.5. The number of hydrogen-bond donors (Lipinski definition) is 1. The van der Waals surface area contributed by atoms with Gasteiger partial charge in [0.05, 0.1) is 6.04 Å². The minimum atomic E-state index is -0.485. The van der Waals surface area contributed by atoms with E-state index in [9.17, 15) is 9.59 Å². The smallest absolute Gasteiger partial charge is 0.311 e. The molecular formula is C26H33N3O2. The van der Waals surface area contributed by atoms with E-state index in [1.54, 1.807) is 4.90 Å². The molecule has 1 aliphatic heterocycles. The minimum Gasteiger partial charge on any atom is -0.341 e. The summed E-state index contributed by atoms with van der Waals surface area (Å²) in [6.45, 7) is 5.69. The highest BCUT2D eigenvalue weighted by Crippen LogP contribution is 2.26. The predicted octanol–water partition coefficient (Wildman–Crippen LogP) is 3.48. The van der Waals surface area contributed by atoms with E-state index < -0.39 is 11.8 Å². The third-order valence-electron chi connectivity index (χ3n) is 6.59. The highest BCUT2D eigenvalue weighted by Gasteiger charge is 2.27. The van der Waals surface area contributed by atoms with Crippen molar-refractivity contribution >= 4 is 11.8 Å². The van der Waals surface area contributed by atoms with Crippen LogP contribution in [0.2, 0.25) is 0 Å². The average molecular weight is 420 g/mol. The topological polar surface area (TPSA) is 52.7 Å². The van der Waals surface area contributed by atoms with Crippen molar-refractivity contribution in [3.63, 3.8) is 0 Å². The van der Waals surface area contributed by atoms with E-state index >= 15 is 0 Å². The maximum atomic E-state index is 12.8. The molecule has 4 rings (SSSR count). The number of aryl methyl sites for hydroxylation is 2. The molecule has 0 saturated carbocycles. The molecule has 5 nitrogen and oxygen atoms in total. The second kappa shape index (κ2) is 10.1. The molecule has 31 heavy (non-hydrogen) atoms. The molecule has 2 aromatic rings. The molecule has 2 aliphatic rings. The van der Waals surface area contributed by atoms with Gasteiger partial charge in [-0.25, -0.2) is 0 Å². The van der Waals surface area contributed by atoms with Crippen LogP contribution in [0, 0.1) is 0 Å². The van der Waals surface area contributed by atoms with Crippen molar-refractivity contribution in [1.29, 1.82) is 0 Å². The maximum Gasteiger partial charge on any atom is 0.311 e. The monoisotopic (exact) mass is 419 g/mol. The molecule has 0 spiro atoms. The first-order valence-corrected chi connectivity index (χ1v) is 11.6. The Kier molecular flexibility index (Phi) is 7.03. The van der Waals surface area contributed by atoms with Crippen molar-refractivity contribution in [3.05, 3.63) is 70.8 Å². The van der Waals surface area contributed by atoms with E-state index in [2.05, 4.69) is 47.5 Å². The van der Waals surface area contributed by atoms with Crippen molar-refractivity contribution in [1.82, 2.24) is 15.1 Å². The number of benzene rings is 2. The second-order valence-electron chi connectivity index (χ2n) is 8.72. The Labute approximate surface area is 185 Å². The van der Waals surface area contributed by atoms with Gasteiger partial charge in [-0.15, -0.1) is 0 Å². The van der Waals surface area contributed by atoms with Crippen LogP contribution >= 0.6 is 0 Å². The number of rotatable bonds is 5. The standard InChI is InChI=1S/C26H33N3O2/c1-2-24(23-13-12-21-10-6-7-11-22(21)18-23)27-25(30)26(31)29-16-14-28(15-17-29)19-20-8-4-3-5-9-20/h3-5,8-9,12-13,18,24H,2,6-7,10-11,14-17,19H2,1H3,(H,27,30). The van der Waals surface area contributed by atoms with Gasteiger partial charge in [-0.05, 0) is 54.4 Å². The van der Waals surface area contributed by atoms with Crippen LogP contribution in [0.1, 0.15) is 54.5 Å². The SMILES string of the molecule is CCC(NC(=O)C(=O)N1CCN(Cc2ccccc2)CC1)c1ccc2c(c1)CCCC2. The number of amides is 2. The summed E-state index contributed by atoms with van der Waals surface area (Å²) in [6, 6.07) is 16.8. The van der Waals surface area contributed by atoms with Crippen molar-refractivity contribution in [2.24, 2.45) is 0 Å². The summed E-state index contributed by atoms with van der Waals surface area (Å²) in [6.07, 6.45) is 5.51. The third kappa shape index (κ3) is 5.34. The van der Waals surface area contributed by atoms with Crippen LogP contribution in [0.4, 0.5) is 0 Å². The highest BCUT2D eigenvalue weighted by molar-refractivity contribution is 6.35. The molecule has 1 fully saturated rings. The number of carbonyl (C=O) groups excluding carboxylic acids is 2. The van der Waals surface area contributed by atoms with Gasteiger partial charge in [0.2, 0.25) is 0 Å². The normalized spacial score (nSPS) is 17.6. The Bertz CT molecular complexity index is 904. The summed E-state index contributed by atoms with van der Waals surface area (Å²) in [4.78, 5) is 29.5. The van der Waals surface area contributed by atoms with Crippen molar-refractivity contribution in [2.75, 3.05) is 26.2 Å². The van der Waals surface area contributed by atoms with Crippen LogP contribution in [-0.4, -0.2) is 47.8 Å². The second-order valence-corrected chi connectivity index (χ2v) is 8.72. The van der Waals surface area contributed by atoms with Crippen molar-refractivity contribution < 1.29 is 9.59 Å². The van der Waals surface area contributed by atoms with Crippen LogP contribution in [0.25, 0.3) is 0 Å². The minimum absolute atomic E-state index is 0.122. The van der Waals surface area contributed by atoms with Crippen LogP contribution < -0.4 is 5.32 Å². The van der Waals surface area contributed by atoms with E-state index in [4.69, 9.17) is 0 Å². The molecule has 1 unspecified atom stereocenters. The number of piperazine rings is 1. The first kappa shape index (κ1) is 21.6. The molecule has 0 aromatic heterocycles. The molecule has 1 N–H and O–H groups in total. The largest absolute Gasteiger partial charge is 0.341 e. The van der Waals surface area contributed by atoms with Gasteiger partial charge in [0.1, 0.15) is 0 Å². The Balaban J connectivity index is 1.31. The fraction of sp³-hybridized carbons (Fsp3) is 0.462. The fourth-order valence-electron chi connectivity index (χ4n) is 4.71. The van der Waals surface area contributed by atoms with Crippen LogP contribution in [0.5, 0.6) is 0 Å². The summed E-state index contributed by atoms with van der Waals surface area (Å²) in [5, 5.41) is 2.99. The van der Waals surface area contributed by atoms with Gasteiger partial charge in [0.15, 0.2) is 0 Å². The average Bonchev–Trinajstić information content (AvgIpc) is 2.82. The summed E-state index contributed by atoms with van der Waals surface area (Å²) in [7, 11) is 0. The zero-order chi connectivity index (χ0) is 21.6. The number of nitrogens with zero attached hydrogens (tertiary/aromatic N) is 2. The number of nitrogens with one attached hydrogen (secondary N) is 1. The molecule has 164 valence electrons. The summed E-state index contributed by atoms with van der Waals surface area (Å²) < 4.78 is 0. The van der Waals surface area contributed by atoms with Crippen molar-refractivity contribution in [2.45, 2.75) is 51.6 Å². The van der Waals surface area contributed by atoms with E-state index in [-0.39, 0.29) is 6.04 Å². The van der Waals surface area contributed by atoms with Gasteiger partial charge in [-0.3, -0.25) is 14.5 Å². The Morgan fingerprint density at radius 1 is 0.935 bits per heavy atom. The molecule has 2 aromatic carbocycles. The van der Waals surface area contributed by atoms with Gasteiger partial charge in [0.25, 0.3) is 0 Å². The van der Waals surface area contributed by atoms with E-state index in [0.29, 0.717) is 13.1 Å². The molecule has 5 heteroatoms. The summed E-state index contributed by atoms with van der Waals surface area (Å²) in [5.41, 5.74) is 5.21. The molecule has 1 aliphatic carbocycles. The molecule has 0 radical (unpaired) electrons. The van der Waals surface area contributed by atoms with E-state index in [1.807, 2.05) is 18.2 Å². The number of hydrogen-bond acceptors (Lipinski definition) is 3. The Hall–Kier alpha value is -2.66. The lowest BCUT2D eigenvalue weighted by Gasteiger charge is -2.34. The quantitative estimate of drug-likeness (QED) is 0.755. The zero-order valence-electron chi connectivity index (χ0n) is 18.5. The highest BCUT2D eigenvalue weighted by atomic mass is 16.2. The molecule has 1 atom stereocenters. The lowest BCUT2D eigenvalue weighted by Crippen LogP contribution is -2.52. The first-order valence-electron chi connectivity index (χ1n) is 11.6. The Morgan fingerprint density at radius 3 is 2.35 bits per heavy atom. The van der Waals surface area contributed by atoms with Crippen molar-refractivity contribution in [3.8, 4) is 0 Å². The van der Waals surface area contributed by atoms with Gasteiger partial charge in [-0.2, -0.15) is 0 Å².